The zero-order valence-electron chi connectivity index (χ0n) is 14.4. The Morgan fingerprint density at radius 2 is 1.80 bits per heavy atom. The van der Waals surface area contributed by atoms with Crippen LogP contribution < -0.4 is 14.8 Å². The van der Waals surface area contributed by atoms with Gasteiger partial charge < -0.3 is 19.5 Å². The summed E-state index contributed by atoms with van der Waals surface area (Å²) < 4.78 is 15.6. The molecule has 1 amide bonds. The number of hydrogen-bond acceptors (Lipinski definition) is 5. The van der Waals surface area contributed by atoms with Crippen molar-refractivity contribution in [2.24, 2.45) is 0 Å². The van der Waals surface area contributed by atoms with Crippen LogP contribution in [0.5, 0.6) is 11.5 Å². The molecule has 25 heavy (non-hydrogen) atoms. The van der Waals surface area contributed by atoms with Gasteiger partial charge in [-0.25, -0.2) is 4.79 Å². The van der Waals surface area contributed by atoms with Crippen molar-refractivity contribution in [1.29, 1.82) is 0 Å². The summed E-state index contributed by atoms with van der Waals surface area (Å²) in [5.74, 6) is 0.395. The number of methoxy groups -OCH3 is 1. The average Bonchev–Trinajstić information content (AvgIpc) is 2.63. The molecule has 132 valence electrons. The molecule has 0 heterocycles. The SMILES string of the molecule is CCOc1ccc(NC(=O)[C@@H](C)Oc2cccc(C(=O)OC)c2)cc1. The van der Waals surface area contributed by atoms with Crippen LogP contribution in [-0.4, -0.2) is 31.7 Å². The zero-order valence-corrected chi connectivity index (χ0v) is 14.4. The lowest BCUT2D eigenvalue weighted by Crippen LogP contribution is -2.30. The summed E-state index contributed by atoms with van der Waals surface area (Å²) in [5, 5.41) is 2.77. The van der Waals surface area contributed by atoms with E-state index >= 15 is 0 Å². The van der Waals surface area contributed by atoms with Crippen LogP contribution in [0.2, 0.25) is 0 Å². The van der Waals surface area contributed by atoms with Gasteiger partial charge >= 0.3 is 5.97 Å². The van der Waals surface area contributed by atoms with Crippen LogP contribution >= 0.6 is 0 Å². The highest BCUT2D eigenvalue weighted by Crippen LogP contribution is 2.18. The van der Waals surface area contributed by atoms with Gasteiger partial charge in [-0.3, -0.25) is 4.79 Å². The van der Waals surface area contributed by atoms with Crippen molar-refractivity contribution >= 4 is 17.6 Å². The number of benzene rings is 2. The molecule has 6 heteroatoms. The third kappa shape index (κ3) is 5.24. The van der Waals surface area contributed by atoms with Crippen LogP contribution in [0, 0.1) is 0 Å². The Bertz CT molecular complexity index is 727. The van der Waals surface area contributed by atoms with Gasteiger partial charge in [0.05, 0.1) is 19.3 Å². The predicted molar refractivity (Wildman–Crippen MR) is 94.1 cm³/mol. The quantitative estimate of drug-likeness (QED) is 0.781. The van der Waals surface area contributed by atoms with Gasteiger partial charge in [0.15, 0.2) is 6.10 Å². The highest BCUT2D eigenvalue weighted by Gasteiger charge is 2.16. The molecule has 0 saturated carbocycles. The van der Waals surface area contributed by atoms with E-state index in [2.05, 4.69) is 10.1 Å². The standard InChI is InChI=1S/C19H21NO5/c1-4-24-16-10-8-15(9-11-16)20-18(21)13(2)25-17-7-5-6-14(12-17)19(22)23-3/h5-13H,4H2,1-3H3,(H,20,21)/t13-/m1/s1. The first-order valence-electron chi connectivity index (χ1n) is 7.92. The van der Waals surface area contributed by atoms with E-state index in [1.54, 1.807) is 49.4 Å². The van der Waals surface area contributed by atoms with E-state index in [9.17, 15) is 9.59 Å². The number of esters is 1. The monoisotopic (exact) mass is 343 g/mol. The van der Waals surface area contributed by atoms with Crippen LogP contribution in [0.4, 0.5) is 5.69 Å². The highest BCUT2D eigenvalue weighted by molar-refractivity contribution is 5.94. The summed E-state index contributed by atoms with van der Waals surface area (Å²) in [6.07, 6.45) is -0.737. The van der Waals surface area contributed by atoms with Crippen LogP contribution in [0.1, 0.15) is 24.2 Å². The third-order valence-corrected chi connectivity index (χ3v) is 3.37. The second-order valence-electron chi connectivity index (χ2n) is 5.23. The van der Waals surface area contributed by atoms with Gasteiger partial charge in [-0.15, -0.1) is 0 Å². The molecule has 0 radical (unpaired) electrons. The fourth-order valence-corrected chi connectivity index (χ4v) is 2.12. The lowest BCUT2D eigenvalue weighted by atomic mass is 10.2. The third-order valence-electron chi connectivity index (χ3n) is 3.37. The number of carbonyl (C=O) groups is 2. The molecule has 0 fully saturated rings. The second kappa shape index (κ2) is 8.73. The van der Waals surface area contributed by atoms with E-state index in [1.165, 1.54) is 13.2 Å². The van der Waals surface area contributed by atoms with E-state index in [0.29, 0.717) is 23.6 Å². The minimum absolute atomic E-state index is 0.298. The lowest BCUT2D eigenvalue weighted by Gasteiger charge is -2.15. The lowest BCUT2D eigenvalue weighted by molar-refractivity contribution is -0.122. The maximum Gasteiger partial charge on any atom is 0.337 e. The van der Waals surface area contributed by atoms with E-state index < -0.39 is 12.1 Å². The largest absolute Gasteiger partial charge is 0.494 e. The predicted octanol–water partition coefficient (Wildman–Crippen LogP) is 3.28. The molecular formula is C19H21NO5. The number of anilines is 1. The highest BCUT2D eigenvalue weighted by atomic mass is 16.5. The van der Waals surface area contributed by atoms with Crippen molar-refractivity contribution < 1.29 is 23.8 Å². The number of hydrogen-bond donors (Lipinski definition) is 1. The molecule has 0 aliphatic heterocycles. The Balaban J connectivity index is 1.97. The first-order valence-corrected chi connectivity index (χ1v) is 7.92. The van der Waals surface area contributed by atoms with Crippen LogP contribution in [-0.2, 0) is 9.53 Å². The summed E-state index contributed by atoms with van der Waals surface area (Å²) in [6, 6.07) is 13.6. The van der Waals surface area contributed by atoms with Gasteiger partial charge in [-0.2, -0.15) is 0 Å². The van der Waals surface area contributed by atoms with E-state index in [4.69, 9.17) is 9.47 Å². The van der Waals surface area contributed by atoms with Crippen molar-refractivity contribution in [3.05, 3.63) is 54.1 Å². The van der Waals surface area contributed by atoms with Gasteiger partial charge in [0, 0.05) is 5.69 Å². The summed E-state index contributed by atoms with van der Waals surface area (Å²) >= 11 is 0. The minimum Gasteiger partial charge on any atom is -0.494 e. The molecule has 0 spiro atoms. The maximum absolute atomic E-state index is 12.2. The van der Waals surface area contributed by atoms with Crippen molar-refractivity contribution in [3.8, 4) is 11.5 Å². The smallest absolute Gasteiger partial charge is 0.337 e. The van der Waals surface area contributed by atoms with Gasteiger partial charge in [-0.1, -0.05) is 6.07 Å². The second-order valence-corrected chi connectivity index (χ2v) is 5.23. The molecule has 0 unspecified atom stereocenters. The summed E-state index contributed by atoms with van der Waals surface area (Å²) in [7, 11) is 1.31. The van der Waals surface area contributed by atoms with E-state index in [1.807, 2.05) is 6.92 Å². The zero-order chi connectivity index (χ0) is 18.2. The van der Waals surface area contributed by atoms with Crippen molar-refractivity contribution in [2.45, 2.75) is 20.0 Å². The van der Waals surface area contributed by atoms with Crippen molar-refractivity contribution in [3.63, 3.8) is 0 Å². The Kier molecular flexibility index (Phi) is 6.39. The Morgan fingerprint density at radius 1 is 1.08 bits per heavy atom. The molecule has 2 aromatic carbocycles. The molecule has 1 atom stereocenters. The van der Waals surface area contributed by atoms with Crippen LogP contribution in [0.15, 0.2) is 48.5 Å². The number of rotatable bonds is 7. The van der Waals surface area contributed by atoms with Crippen LogP contribution in [0.25, 0.3) is 0 Å². The van der Waals surface area contributed by atoms with Crippen molar-refractivity contribution in [1.82, 2.24) is 0 Å². The molecule has 0 aliphatic carbocycles. The van der Waals surface area contributed by atoms with Gasteiger partial charge in [0.1, 0.15) is 11.5 Å². The average molecular weight is 343 g/mol. The molecule has 0 saturated heterocycles. The molecule has 2 aromatic rings. The molecule has 6 nitrogen and oxygen atoms in total. The summed E-state index contributed by atoms with van der Waals surface area (Å²) in [4.78, 5) is 23.8. The van der Waals surface area contributed by atoms with E-state index in [0.717, 1.165) is 5.75 Å². The fraction of sp³-hybridized carbons (Fsp3) is 0.263. The fourth-order valence-electron chi connectivity index (χ4n) is 2.12. The number of ether oxygens (including phenoxy) is 3. The first-order chi connectivity index (χ1) is 12.0. The maximum atomic E-state index is 12.2. The topological polar surface area (TPSA) is 73.9 Å². The molecule has 0 aromatic heterocycles. The Morgan fingerprint density at radius 3 is 2.44 bits per heavy atom. The van der Waals surface area contributed by atoms with Crippen molar-refractivity contribution in [2.75, 3.05) is 19.0 Å². The number of amides is 1. The molecular weight excluding hydrogens is 322 g/mol. The van der Waals surface area contributed by atoms with Gasteiger partial charge in [0.2, 0.25) is 0 Å². The Hall–Kier alpha value is -3.02. The summed E-state index contributed by atoms with van der Waals surface area (Å²) in [5.41, 5.74) is 1.01. The molecule has 0 aliphatic rings. The minimum atomic E-state index is -0.737. The molecule has 1 N–H and O–H groups in total. The first kappa shape index (κ1) is 18.3. The Labute approximate surface area is 146 Å². The summed E-state index contributed by atoms with van der Waals surface area (Å²) in [6.45, 7) is 4.12. The molecule has 2 rings (SSSR count). The van der Waals surface area contributed by atoms with Gasteiger partial charge in [-0.05, 0) is 56.3 Å². The number of carbonyl (C=O) groups excluding carboxylic acids is 2. The number of nitrogens with one attached hydrogen (secondary N) is 1. The normalized spacial score (nSPS) is 11.3. The molecule has 0 bridgehead atoms. The van der Waals surface area contributed by atoms with Crippen LogP contribution in [0.3, 0.4) is 0 Å². The van der Waals surface area contributed by atoms with Gasteiger partial charge in [0.25, 0.3) is 5.91 Å². The van der Waals surface area contributed by atoms with E-state index in [-0.39, 0.29) is 5.91 Å².